The van der Waals surface area contributed by atoms with Crippen LogP contribution in [0, 0.1) is 13.8 Å². The second kappa shape index (κ2) is 4.12. The van der Waals surface area contributed by atoms with Gasteiger partial charge in [0.25, 0.3) is 5.91 Å². The fourth-order valence-corrected chi connectivity index (χ4v) is 2.10. The van der Waals surface area contributed by atoms with Gasteiger partial charge in [-0.2, -0.15) is 0 Å². The summed E-state index contributed by atoms with van der Waals surface area (Å²) in [6.07, 6.45) is 0. The highest BCUT2D eigenvalue weighted by atomic mass is 16.2. The fraction of sp³-hybridized carbons (Fsp3) is 0.429. The minimum Gasteiger partial charge on any atom is -0.306 e. The van der Waals surface area contributed by atoms with Crippen LogP contribution in [0.3, 0.4) is 0 Å². The molecule has 1 aliphatic heterocycles. The molecule has 1 N–H and O–H groups in total. The van der Waals surface area contributed by atoms with Gasteiger partial charge in [-0.1, -0.05) is 23.8 Å². The Hall–Kier alpha value is -1.84. The number of urea groups is 1. The number of imide groups is 1. The Morgan fingerprint density at radius 1 is 1.22 bits per heavy atom. The molecule has 4 nitrogen and oxygen atoms in total. The molecule has 1 heterocycles. The number of hydrogen-bond donors (Lipinski definition) is 1. The van der Waals surface area contributed by atoms with Crippen molar-refractivity contribution in [2.45, 2.75) is 39.8 Å². The lowest BCUT2D eigenvalue weighted by molar-refractivity contribution is -0.125. The first-order valence-corrected chi connectivity index (χ1v) is 6.01. The van der Waals surface area contributed by atoms with Gasteiger partial charge in [0.2, 0.25) is 0 Å². The number of nitrogens with one attached hydrogen (secondary N) is 1. The maximum atomic E-state index is 11.8. The molecule has 1 fully saturated rings. The molecule has 0 saturated carbocycles. The SMILES string of the molecule is Cc1ccc(C)c(CN2C(=O)NC(=O)C2(C)C)c1. The molecular weight excluding hydrogens is 228 g/mol. The highest BCUT2D eigenvalue weighted by Crippen LogP contribution is 2.24. The third kappa shape index (κ3) is 1.98. The molecule has 0 aromatic heterocycles. The summed E-state index contributed by atoms with van der Waals surface area (Å²) in [6.45, 7) is 8.01. The molecule has 3 amide bonds. The Bertz CT molecular complexity index is 521. The van der Waals surface area contributed by atoms with Gasteiger partial charge in [-0.05, 0) is 38.8 Å². The second-order valence-corrected chi connectivity index (χ2v) is 5.33. The minimum atomic E-state index is -0.784. The topological polar surface area (TPSA) is 49.4 Å². The quantitative estimate of drug-likeness (QED) is 0.813. The predicted octanol–water partition coefficient (Wildman–Crippen LogP) is 2.13. The van der Waals surface area contributed by atoms with E-state index in [-0.39, 0.29) is 11.9 Å². The van der Waals surface area contributed by atoms with E-state index in [1.165, 1.54) is 0 Å². The van der Waals surface area contributed by atoms with Crippen LogP contribution in [0.2, 0.25) is 0 Å². The molecule has 0 aliphatic carbocycles. The highest BCUT2D eigenvalue weighted by molar-refractivity contribution is 6.06. The van der Waals surface area contributed by atoms with Gasteiger partial charge in [0.05, 0.1) is 0 Å². The van der Waals surface area contributed by atoms with E-state index in [0.29, 0.717) is 6.54 Å². The Labute approximate surface area is 107 Å². The van der Waals surface area contributed by atoms with Crippen molar-refractivity contribution in [3.63, 3.8) is 0 Å². The lowest BCUT2D eigenvalue weighted by Gasteiger charge is -2.28. The number of hydrogen-bond acceptors (Lipinski definition) is 2. The van der Waals surface area contributed by atoms with Gasteiger partial charge in [-0.25, -0.2) is 4.79 Å². The van der Waals surface area contributed by atoms with Gasteiger partial charge < -0.3 is 4.90 Å². The van der Waals surface area contributed by atoms with Gasteiger partial charge in [0.15, 0.2) is 0 Å². The Balaban J connectivity index is 2.31. The highest BCUT2D eigenvalue weighted by Gasteiger charge is 2.45. The molecular formula is C14H18N2O2. The molecule has 96 valence electrons. The first-order valence-electron chi connectivity index (χ1n) is 6.01. The molecule has 2 rings (SSSR count). The van der Waals surface area contributed by atoms with Crippen LogP contribution in [0.25, 0.3) is 0 Å². The summed E-state index contributed by atoms with van der Waals surface area (Å²) in [5, 5.41) is 2.36. The molecule has 0 atom stereocenters. The molecule has 1 aromatic rings. The van der Waals surface area contributed by atoms with Crippen LogP contribution in [0.1, 0.15) is 30.5 Å². The summed E-state index contributed by atoms with van der Waals surface area (Å²) in [6, 6.07) is 5.82. The molecule has 1 aromatic carbocycles. The zero-order valence-corrected chi connectivity index (χ0v) is 11.2. The van der Waals surface area contributed by atoms with Crippen LogP contribution in [-0.4, -0.2) is 22.4 Å². The second-order valence-electron chi connectivity index (χ2n) is 5.33. The van der Waals surface area contributed by atoms with Crippen LogP contribution >= 0.6 is 0 Å². The van der Waals surface area contributed by atoms with E-state index in [9.17, 15) is 9.59 Å². The van der Waals surface area contributed by atoms with Crippen molar-refractivity contribution in [1.29, 1.82) is 0 Å². The standard InChI is InChI=1S/C14H18N2O2/c1-9-5-6-10(2)11(7-9)8-16-13(18)15-12(17)14(16,3)4/h5-7H,8H2,1-4H3,(H,15,17,18). The van der Waals surface area contributed by atoms with Crippen LogP contribution < -0.4 is 5.32 Å². The van der Waals surface area contributed by atoms with Gasteiger partial charge in [0, 0.05) is 6.54 Å². The van der Waals surface area contributed by atoms with E-state index in [4.69, 9.17) is 0 Å². The smallest absolute Gasteiger partial charge is 0.306 e. The lowest BCUT2D eigenvalue weighted by atomic mass is 10.0. The van der Waals surface area contributed by atoms with Crippen LogP contribution in [0.15, 0.2) is 18.2 Å². The number of rotatable bonds is 2. The molecule has 4 heteroatoms. The lowest BCUT2D eigenvalue weighted by Crippen LogP contribution is -2.43. The number of amides is 3. The third-order valence-electron chi connectivity index (χ3n) is 3.53. The van der Waals surface area contributed by atoms with E-state index in [2.05, 4.69) is 11.4 Å². The van der Waals surface area contributed by atoms with Crippen molar-refractivity contribution >= 4 is 11.9 Å². The van der Waals surface area contributed by atoms with Crippen molar-refractivity contribution in [3.8, 4) is 0 Å². The molecule has 18 heavy (non-hydrogen) atoms. The predicted molar refractivity (Wildman–Crippen MR) is 69.1 cm³/mol. The monoisotopic (exact) mass is 246 g/mol. The van der Waals surface area contributed by atoms with Gasteiger partial charge in [-0.15, -0.1) is 0 Å². The summed E-state index contributed by atoms with van der Waals surface area (Å²) in [5.74, 6) is -0.238. The normalized spacial score (nSPS) is 18.1. The maximum Gasteiger partial charge on any atom is 0.325 e. The van der Waals surface area contributed by atoms with Crippen LogP contribution in [-0.2, 0) is 11.3 Å². The zero-order chi connectivity index (χ0) is 13.5. The summed E-state index contributed by atoms with van der Waals surface area (Å²) < 4.78 is 0. The molecule has 0 unspecified atom stereocenters. The summed E-state index contributed by atoms with van der Waals surface area (Å²) >= 11 is 0. The van der Waals surface area contributed by atoms with Crippen LogP contribution in [0.4, 0.5) is 4.79 Å². The first-order chi connectivity index (χ1) is 8.32. The average Bonchev–Trinajstić information content (AvgIpc) is 2.46. The van der Waals surface area contributed by atoms with Crippen LogP contribution in [0.5, 0.6) is 0 Å². The third-order valence-corrected chi connectivity index (χ3v) is 3.53. The minimum absolute atomic E-state index is 0.238. The van der Waals surface area contributed by atoms with E-state index in [1.54, 1.807) is 18.7 Å². The Kier molecular flexibility index (Phi) is 2.89. The van der Waals surface area contributed by atoms with Gasteiger partial charge in [0.1, 0.15) is 5.54 Å². The van der Waals surface area contributed by atoms with Gasteiger partial charge in [-0.3, -0.25) is 10.1 Å². The Morgan fingerprint density at radius 2 is 1.89 bits per heavy atom. The molecule has 0 bridgehead atoms. The fourth-order valence-electron chi connectivity index (χ4n) is 2.10. The number of nitrogens with zero attached hydrogens (tertiary/aromatic N) is 1. The number of carbonyl (C=O) groups is 2. The van der Waals surface area contributed by atoms with E-state index in [1.807, 2.05) is 26.0 Å². The molecule has 1 saturated heterocycles. The zero-order valence-electron chi connectivity index (χ0n) is 11.2. The van der Waals surface area contributed by atoms with Gasteiger partial charge >= 0.3 is 6.03 Å². The first kappa shape index (κ1) is 12.6. The summed E-state index contributed by atoms with van der Waals surface area (Å²) in [7, 11) is 0. The van der Waals surface area contributed by atoms with Crippen molar-refractivity contribution < 1.29 is 9.59 Å². The average molecular weight is 246 g/mol. The number of aryl methyl sites for hydroxylation is 2. The number of carbonyl (C=O) groups excluding carboxylic acids is 2. The van der Waals surface area contributed by atoms with E-state index < -0.39 is 5.54 Å². The summed E-state index contributed by atoms with van der Waals surface area (Å²) in [4.78, 5) is 25.1. The van der Waals surface area contributed by atoms with Crippen molar-refractivity contribution in [1.82, 2.24) is 10.2 Å². The van der Waals surface area contributed by atoms with E-state index in [0.717, 1.165) is 16.7 Å². The Morgan fingerprint density at radius 3 is 2.44 bits per heavy atom. The van der Waals surface area contributed by atoms with Crippen molar-refractivity contribution in [2.24, 2.45) is 0 Å². The number of benzene rings is 1. The largest absolute Gasteiger partial charge is 0.325 e. The van der Waals surface area contributed by atoms with E-state index >= 15 is 0 Å². The maximum absolute atomic E-state index is 11.8. The molecule has 0 radical (unpaired) electrons. The molecule has 1 aliphatic rings. The molecule has 0 spiro atoms. The summed E-state index contributed by atoms with van der Waals surface area (Å²) in [5.41, 5.74) is 2.57. The van der Waals surface area contributed by atoms with Crippen molar-refractivity contribution in [3.05, 3.63) is 34.9 Å². The van der Waals surface area contributed by atoms with Crippen molar-refractivity contribution in [2.75, 3.05) is 0 Å².